The molecule has 2 aromatic heterocycles. The third kappa shape index (κ3) is 3.09. The number of hydrogen-bond donors (Lipinski definition) is 2. The van der Waals surface area contributed by atoms with Gasteiger partial charge in [0.25, 0.3) is 0 Å². The smallest absolute Gasteiger partial charge is 0.237 e. The molecule has 7 heteroatoms. The molecular weight excluding hydrogens is 298 g/mol. The molecule has 0 bridgehead atoms. The Bertz CT molecular complexity index is 811. The van der Waals surface area contributed by atoms with Crippen LogP contribution in [0.1, 0.15) is 12.7 Å². The van der Waals surface area contributed by atoms with Gasteiger partial charge in [0.1, 0.15) is 5.82 Å². The minimum Gasteiger partial charge on any atom is -0.324 e. The van der Waals surface area contributed by atoms with Gasteiger partial charge >= 0.3 is 0 Å². The van der Waals surface area contributed by atoms with E-state index in [1.807, 2.05) is 44.2 Å². The van der Waals surface area contributed by atoms with Gasteiger partial charge in [-0.15, -0.1) is 5.10 Å². The van der Waals surface area contributed by atoms with Crippen molar-refractivity contribution in [1.29, 1.82) is 0 Å². The first-order valence-electron chi connectivity index (χ1n) is 6.84. The summed E-state index contributed by atoms with van der Waals surface area (Å²) in [5.41, 5.74) is 1.61. The molecule has 0 aliphatic heterocycles. The zero-order chi connectivity index (χ0) is 15.5. The van der Waals surface area contributed by atoms with E-state index < -0.39 is 0 Å². The van der Waals surface area contributed by atoms with Gasteiger partial charge in [-0.1, -0.05) is 17.8 Å². The standard InChI is InChI=1S/C15H15N5OS/c1-9(22-15-17-10(2)19-20-15)14(21)18-13-7-3-6-12-11(13)5-4-8-16-12/h3-9H,1-2H3,(H,18,21)(H,17,19,20). The van der Waals surface area contributed by atoms with Gasteiger partial charge in [-0.3, -0.25) is 14.9 Å². The number of carbonyl (C=O) groups excluding carboxylic acids is 1. The van der Waals surface area contributed by atoms with Gasteiger partial charge in [-0.25, -0.2) is 4.98 Å². The summed E-state index contributed by atoms with van der Waals surface area (Å²) in [4.78, 5) is 20.8. The molecule has 0 spiro atoms. The number of H-pyrrole nitrogens is 1. The molecule has 1 atom stereocenters. The maximum Gasteiger partial charge on any atom is 0.237 e. The predicted molar refractivity (Wildman–Crippen MR) is 86.8 cm³/mol. The molecule has 3 rings (SSSR count). The average Bonchev–Trinajstić information content (AvgIpc) is 2.92. The molecule has 0 aliphatic carbocycles. The lowest BCUT2D eigenvalue weighted by Gasteiger charge is -2.11. The fourth-order valence-electron chi connectivity index (χ4n) is 2.03. The molecule has 6 nitrogen and oxygen atoms in total. The molecule has 22 heavy (non-hydrogen) atoms. The Morgan fingerprint density at radius 3 is 2.95 bits per heavy atom. The number of fused-ring (bicyclic) bond motifs is 1. The van der Waals surface area contributed by atoms with Gasteiger partial charge in [0, 0.05) is 11.6 Å². The Balaban J connectivity index is 1.75. The summed E-state index contributed by atoms with van der Waals surface area (Å²) in [6, 6.07) is 9.46. The predicted octanol–water partition coefficient (Wildman–Crippen LogP) is 2.78. The molecular formula is C15H15N5OS. The fourth-order valence-corrected chi connectivity index (χ4v) is 2.80. The second kappa shape index (κ2) is 6.15. The molecule has 0 radical (unpaired) electrons. The van der Waals surface area contributed by atoms with Crippen LogP contribution >= 0.6 is 11.8 Å². The number of aromatic amines is 1. The van der Waals surface area contributed by atoms with E-state index in [2.05, 4.69) is 25.5 Å². The Hall–Kier alpha value is -2.41. The van der Waals surface area contributed by atoms with Crippen LogP contribution < -0.4 is 5.32 Å². The quantitative estimate of drug-likeness (QED) is 0.724. The molecule has 1 amide bonds. The lowest BCUT2D eigenvalue weighted by molar-refractivity contribution is -0.115. The van der Waals surface area contributed by atoms with Gasteiger partial charge in [-0.05, 0) is 38.1 Å². The zero-order valence-corrected chi connectivity index (χ0v) is 13.0. The van der Waals surface area contributed by atoms with E-state index in [1.165, 1.54) is 11.8 Å². The number of nitrogens with one attached hydrogen (secondary N) is 2. The van der Waals surface area contributed by atoms with Gasteiger partial charge in [-0.2, -0.15) is 0 Å². The summed E-state index contributed by atoms with van der Waals surface area (Å²) in [6.45, 7) is 3.65. The molecule has 3 aromatic rings. The molecule has 112 valence electrons. The van der Waals surface area contributed by atoms with E-state index in [1.54, 1.807) is 6.20 Å². The number of nitrogens with zero attached hydrogens (tertiary/aromatic N) is 3. The fraction of sp³-hybridized carbons (Fsp3) is 0.200. The molecule has 0 fully saturated rings. The normalized spacial score (nSPS) is 12.3. The van der Waals surface area contributed by atoms with E-state index in [9.17, 15) is 4.79 Å². The first kappa shape index (κ1) is 14.5. The van der Waals surface area contributed by atoms with E-state index in [0.717, 1.165) is 22.4 Å². The van der Waals surface area contributed by atoms with Crippen LogP contribution in [0, 0.1) is 6.92 Å². The topological polar surface area (TPSA) is 83.6 Å². The minimum absolute atomic E-state index is 0.0937. The Labute approximate surface area is 131 Å². The Morgan fingerprint density at radius 2 is 2.18 bits per heavy atom. The van der Waals surface area contributed by atoms with Crippen molar-refractivity contribution in [1.82, 2.24) is 20.2 Å². The molecule has 0 saturated heterocycles. The van der Waals surface area contributed by atoms with Crippen LogP contribution in [0.15, 0.2) is 41.7 Å². The zero-order valence-electron chi connectivity index (χ0n) is 12.2. The number of hydrogen-bond acceptors (Lipinski definition) is 5. The number of aromatic nitrogens is 4. The molecule has 2 heterocycles. The van der Waals surface area contributed by atoms with Crippen LogP contribution in [-0.2, 0) is 4.79 Å². The number of anilines is 1. The number of thioether (sulfide) groups is 1. The third-order valence-corrected chi connectivity index (χ3v) is 4.09. The van der Waals surface area contributed by atoms with Crippen molar-refractivity contribution in [3.05, 3.63) is 42.4 Å². The van der Waals surface area contributed by atoms with Crippen LogP contribution in [0.4, 0.5) is 5.69 Å². The van der Waals surface area contributed by atoms with E-state index >= 15 is 0 Å². The lowest BCUT2D eigenvalue weighted by Crippen LogP contribution is -2.22. The van der Waals surface area contributed by atoms with Gasteiger partial charge < -0.3 is 5.32 Å². The van der Waals surface area contributed by atoms with Crippen molar-refractivity contribution >= 4 is 34.3 Å². The number of carbonyl (C=O) groups is 1. The number of benzene rings is 1. The largest absolute Gasteiger partial charge is 0.324 e. The molecule has 1 unspecified atom stereocenters. The van der Waals surface area contributed by atoms with Gasteiger partial charge in [0.2, 0.25) is 11.1 Å². The highest BCUT2D eigenvalue weighted by molar-refractivity contribution is 8.00. The number of amides is 1. The second-order valence-electron chi connectivity index (χ2n) is 4.83. The summed E-state index contributed by atoms with van der Waals surface area (Å²) in [5.74, 6) is 0.638. The van der Waals surface area contributed by atoms with Crippen molar-refractivity contribution < 1.29 is 4.79 Å². The summed E-state index contributed by atoms with van der Waals surface area (Å²) < 4.78 is 0. The summed E-state index contributed by atoms with van der Waals surface area (Å²) in [6.07, 6.45) is 1.73. The highest BCUT2D eigenvalue weighted by Gasteiger charge is 2.17. The first-order chi connectivity index (χ1) is 10.6. The SMILES string of the molecule is Cc1nc(SC(C)C(=O)Nc2cccc3ncccc23)n[nH]1. The van der Waals surface area contributed by atoms with Crippen molar-refractivity contribution in [3.63, 3.8) is 0 Å². The minimum atomic E-state index is -0.304. The Morgan fingerprint density at radius 1 is 1.32 bits per heavy atom. The van der Waals surface area contributed by atoms with Crippen LogP contribution in [-0.4, -0.2) is 31.3 Å². The third-order valence-electron chi connectivity index (χ3n) is 3.13. The highest BCUT2D eigenvalue weighted by atomic mass is 32.2. The monoisotopic (exact) mass is 313 g/mol. The van der Waals surface area contributed by atoms with Crippen LogP contribution in [0.3, 0.4) is 0 Å². The maximum absolute atomic E-state index is 12.3. The number of pyridine rings is 1. The number of rotatable bonds is 4. The van der Waals surface area contributed by atoms with Gasteiger partial charge in [0.15, 0.2) is 0 Å². The van der Waals surface area contributed by atoms with Crippen molar-refractivity contribution in [2.45, 2.75) is 24.3 Å². The second-order valence-corrected chi connectivity index (χ2v) is 6.14. The van der Waals surface area contributed by atoms with Crippen LogP contribution in [0.5, 0.6) is 0 Å². The molecule has 2 N–H and O–H groups in total. The van der Waals surface area contributed by atoms with Crippen molar-refractivity contribution in [3.8, 4) is 0 Å². The first-order valence-corrected chi connectivity index (χ1v) is 7.72. The highest BCUT2D eigenvalue weighted by Crippen LogP contribution is 2.24. The van der Waals surface area contributed by atoms with E-state index in [0.29, 0.717) is 5.16 Å². The summed E-state index contributed by atoms with van der Waals surface area (Å²) >= 11 is 1.32. The summed E-state index contributed by atoms with van der Waals surface area (Å²) in [5, 5.41) is 10.9. The molecule has 0 saturated carbocycles. The van der Waals surface area contributed by atoms with E-state index in [4.69, 9.17) is 0 Å². The Kier molecular flexibility index (Phi) is 4.06. The van der Waals surface area contributed by atoms with Crippen molar-refractivity contribution in [2.75, 3.05) is 5.32 Å². The van der Waals surface area contributed by atoms with Crippen molar-refractivity contribution in [2.24, 2.45) is 0 Å². The lowest BCUT2D eigenvalue weighted by atomic mass is 10.2. The molecule has 0 aliphatic rings. The number of aryl methyl sites for hydroxylation is 1. The summed E-state index contributed by atoms with van der Waals surface area (Å²) in [7, 11) is 0. The van der Waals surface area contributed by atoms with Crippen LogP contribution in [0.25, 0.3) is 10.9 Å². The molecule has 1 aromatic carbocycles. The average molecular weight is 313 g/mol. The van der Waals surface area contributed by atoms with Crippen LogP contribution in [0.2, 0.25) is 0 Å². The maximum atomic E-state index is 12.3. The van der Waals surface area contributed by atoms with E-state index in [-0.39, 0.29) is 11.2 Å². The van der Waals surface area contributed by atoms with Gasteiger partial charge in [0.05, 0.1) is 16.5 Å².